The Labute approximate surface area is 91.4 Å². The largest absolute Gasteiger partial charge is 0.451 e. The standard InChI is InChI=1S/C11H8NO2S/c13-8-14-6-10-11(12-7-15-10)9-4-2-1-3-5-9/h1-5,7H,6H2. The molecule has 0 spiro atoms. The summed E-state index contributed by atoms with van der Waals surface area (Å²) < 4.78 is 4.60. The van der Waals surface area contributed by atoms with Crippen molar-refractivity contribution in [3.8, 4) is 11.3 Å². The molecule has 0 atom stereocenters. The van der Waals surface area contributed by atoms with Crippen LogP contribution < -0.4 is 0 Å². The van der Waals surface area contributed by atoms with E-state index in [0.29, 0.717) is 0 Å². The highest BCUT2D eigenvalue weighted by atomic mass is 32.1. The zero-order chi connectivity index (χ0) is 10.5. The van der Waals surface area contributed by atoms with Gasteiger partial charge in [-0.15, -0.1) is 11.3 Å². The number of carbonyl (C=O) groups excluding carboxylic acids is 1. The van der Waals surface area contributed by atoms with Crippen LogP contribution in [0, 0.1) is 0 Å². The molecule has 15 heavy (non-hydrogen) atoms. The number of ether oxygens (including phenoxy) is 1. The predicted octanol–water partition coefficient (Wildman–Crippen LogP) is 2.39. The van der Waals surface area contributed by atoms with Gasteiger partial charge < -0.3 is 4.74 Å². The summed E-state index contributed by atoms with van der Waals surface area (Å²) in [5, 5.41) is 0. The summed E-state index contributed by atoms with van der Waals surface area (Å²) in [6.07, 6.45) is 0. The molecule has 75 valence electrons. The van der Waals surface area contributed by atoms with Gasteiger partial charge in [-0.25, -0.2) is 9.78 Å². The highest BCUT2D eigenvalue weighted by Gasteiger charge is 2.08. The molecule has 0 amide bonds. The third-order valence-electron chi connectivity index (χ3n) is 1.95. The zero-order valence-corrected chi connectivity index (χ0v) is 8.66. The maximum atomic E-state index is 9.98. The average Bonchev–Trinajstić information content (AvgIpc) is 2.75. The number of nitrogens with zero attached hydrogens (tertiary/aromatic N) is 1. The van der Waals surface area contributed by atoms with Gasteiger partial charge in [-0.3, -0.25) is 0 Å². The van der Waals surface area contributed by atoms with Crippen LogP contribution in [0.2, 0.25) is 0 Å². The monoisotopic (exact) mass is 218 g/mol. The third kappa shape index (κ3) is 2.22. The molecule has 0 aliphatic rings. The van der Waals surface area contributed by atoms with Crippen LogP contribution >= 0.6 is 11.3 Å². The minimum atomic E-state index is 0.235. The van der Waals surface area contributed by atoms with Gasteiger partial charge in [0.2, 0.25) is 0 Å². The van der Waals surface area contributed by atoms with Crippen molar-refractivity contribution in [3.63, 3.8) is 0 Å². The van der Waals surface area contributed by atoms with E-state index in [4.69, 9.17) is 0 Å². The lowest BCUT2D eigenvalue weighted by Gasteiger charge is -2.00. The maximum absolute atomic E-state index is 9.98. The van der Waals surface area contributed by atoms with E-state index in [1.165, 1.54) is 17.8 Å². The first kappa shape index (κ1) is 9.86. The molecule has 4 heteroatoms. The van der Waals surface area contributed by atoms with Gasteiger partial charge in [0.05, 0.1) is 16.1 Å². The number of benzene rings is 1. The van der Waals surface area contributed by atoms with Gasteiger partial charge in [-0.1, -0.05) is 30.3 Å². The summed E-state index contributed by atoms with van der Waals surface area (Å²) >= 11 is 1.47. The number of thiazole rings is 1. The fourth-order valence-corrected chi connectivity index (χ4v) is 1.99. The van der Waals surface area contributed by atoms with Gasteiger partial charge in [0.25, 0.3) is 0 Å². The second-order valence-electron chi connectivity index (χ2n) is 2.86. The van der Waals surface area contributed by atoms with E-state index in [0.717, 1.165) is 16.1 Å². The third-order valence-corrected chi connectivity index (χ3v) is 2.76. The quantitative estimate of drug-likeness (QED) is 0.791. The lowest BCUT2D eigenvalue weighted by atomic mass is 10.1. The first-order chi connectivity index (χ1) is 7.42. The molecular weight excluding hydrogens is 210 g/mol. The smallest absolute Gasteiger partial charge is 0.417 e. The molecule has 0 aliphatic carbocycles. The van der Waals surface area contributed by atoms with Gasteiger partial charge in [0.1, 0.15) is 6.61 Å². The van der Waals surface area contributed by atoms with Crippen molar-refractivity contribution in [2.75, 3.05) is 0 Å². The molecule has 0 bridgehead atoms. The Balaban J connectivity index is 2.29. The van der Waals surface area contributed by atoms with E-state index >= 15 is 0 Å². The fraction of sp³-hybridized carbons (Fsp3) is 0.0909. The summed E-state index contributed by atoms with van der Waals surface area (Å²) in [5.41, 5.74) is 3.64. The van der Waals surface area contributed by atoms with E-state index in [-0.39, 0.29) is 6.61 Å². The van der Waals surface area contributed by atoms with E-state index < -0.39 is 0 Å². The van der Waals surface area contributed by atoms with Crippen LogP contribution in [0.15, 0.2) is 35.8 Å². The molecule has 0 N–H and O–H groups in total. The predicted molar refractivity (Wildman–Crippen MR) is 58.0 cm³/mol. The summed E-state index contributed by atoms with van der Waals surface area (Å²) in [6, 6.07) is 9.80. The van der Waals surface area contributed by atoms with Gasteiger partial charge in [0, 0.05) is 5.56 Å². The first-order valence-electron chi connectivity index (χ1n) is 4.38. The number of hydrogen-bond donors (Lipinski definition) is 0. The van der Waals surface area contributed by atoms with Crippen LogP contribution in [-0.4, -0.2) is 11.5 Å². The Morgan fingerprint density at radius 2 is 2.13 bits per heavy atom. The molecule has 0 saturated heterocycles. The van der Waals surface area contributed by atoms with Crippen molar-refractivity contribution in [1.82, 2.24) is 4.98 Å². The molecule has 1 aromatic carbocycles. The van der Waals surface area contributed by atoms with Crippen molar-refractivity contribution >= 4 is 17.8 Å². The molecule has 0 unspecified atom stereocenters. The Hall–Kier alpha value is -1.68. The first-order valence-corrected chi connectivity index (χ1v) is 5.26. The van der Waals surface area contributed by atoms with Crippen molar-refractivity contribution in [3.05, 3.63) is 40.7 Å². The Bertz CT molecular complexity index is 439. The highest BCUT2D eigenvalue weighted by molar-refractivity contribution is 7.10. The van der Waals surface area contributed by atoms with Crippen molar-refractivity contribution in [1.29, 1.82) is 0 Å². The van der Waals surface area contributed by atoms with E-state index in [1.807, 2.05) is 30.3 Å². The molecule has 0 saturated carbocycles. The lowest BCUT2D eigenvalue weighted by molar-refractivity contribution is 0.270. The van der Waals surface area contributed by atoms with Crippen molar-refractivity contribution in [2.24, 2.45) is 0 Å². The zero-order valence-electron chi connectivity index (χ0n) is 7.84. The molecule has 1 radical (unpaired) electrons. The van der Waals surface area contributed by atoms with E-state index in [1.54, 1.807) is 5.51 Å². The fourth-order valence-electron chi connectivity index (χ4n) is 1.30. The topological polar surface area (TPSA) is 39.2 Å². The summed E-state index contributed by atoms with van der Waals surface area (Å²) in [7, 11) is 0. The van der Waals surface area contributed by atoms with Crippen LogP contribution in [0.3, 0.4) is 0 Å². The van der Waals surface area contributed by atoms with E-state index in [9.17, 15) is 4.79 Å². The van der Waals surface area contributed by atoms with Gasteiger partial charge >= 0.3 is 6.47 Å². The summed E-state index contributed by atoms with van der Waals surface area (Å²) in [4.78, 5) is 15.2. The number of rotatable bonds is 4. The number of hydrogen-bond acceptors (Lipinski definition) is 4. The molecular formula is C11H8NO2S. The average molecular weight is 218 g/mol. The maximum Gasteiger partial charge on any atom is 0.417 e. The van der Waals surface area contributed by atoms with E-state index in [2.05, 4.69) is 9.72 Å². The summed E-state index contributed by atoms with van der Waals surface area (Å²) in [6.45, 7) is 1.65. The SMILES string of the molecule is O=[C]OCc1scnc1-c1ccccc1. The van der Waals surface area contributed by atoms with Gasteiger partial charge in [-0.2, -0.15) is 0 Å². The van der Waals surface area contributed by atoms with Crippen LogP contribution in [-0.2, 0) is 16.1 Å². The molecule has 0 fully saturated rings. The molecule has 1 aromatic heterocycles. The molecule has 2 aromatic rings. The molecule has 3 nitrogen and oxygen atoms in total. The lowest BCUT2D eigenvalue weighted by Crippen LogP contribution is -1.90. The van der Waals surface area contributed by atoms with Crippen LogP contribution in [0.25, 0.3) is 11.3 Å². The minimum absolute atomic E-state index is 0.235. The Morgan fingerprint density at radius 3 is 2.87 bits per heavy atom. The van der Waals surface area contributed by atoms with Gasteiger partial charge in [-0.05, 0) is 0 Å². The molecule has 2 rings (SSSR count). The molecule has 0 aliphatic heterocycles. The Kier molecular flexibility index (Phi) is 3.09. The van der Waals surface area contributed by atoms with Crippen LogP contribution in [0.4, 0.5) is 0 Å². The highest BCUT2D eigenvalue weighted by Crippen LogP contribution is 2.25. The van der Waals surface area contributed by atoms with Crippen molar-refractivity contribution in [2.45, 2.75) is 6.61 Å². The summed E-state index contributed by atoms with van der Waals surface area (Å²) in [5.74, 6) is 0. The van der Waals surface area contributed by atoms with Crippen LogP contribution in [0.1, 0.15) is 4.88 Å². The van der Waals surface area contributed by atoms with Crippen molar-refractivity contribution < 1.29 is 9.53 Å². The second-order valence-corrected chi connectivity index (χ2v) is 3.80. The van der Waals surface area contributed by atoms with Crippen LogP contribution in [0.5, 0.6) is 0 Å². The number of aromatic nitrogens is 1. The van der Waals surface area contributed by atoms with Gasteiger partial charge in [0.15, 0.2) is 0 Å². The second kappa shape index (κ2) is 4.70. The minimum Gasteiger partial charge on any atom is -0.451 e. The Morgan fingerprint density at radius 1 is 1.33 bits per heavy atom. The normalized spacial score (nSPS) is 9.87. The molecule has 1 heterocycles.